The predicted octanol–water partition coefficient (Wildman–Crippen LogP) is 2.13. The van der Waals surface area contributed by atoms with Crippen molar-refractivity contribution in [2.75, 3.05) is 13.2 Å². The molecule has 5 heteroatoms. The molecule has 1 aromatic rings. The summed E-state index contributed by atoms with van der Waals surface area (Å²) in [7, 11) is 0. The van der Waals surface area contributed by atoms with Crippen LogP contribution >= 0.6 is 15.9 Å². The summed E-state index contributed by atoms with van der Waals surface area (Å²) in [6, 6.07) is 4.71. The molecule has 1 rings (SSSR count). The van der Waals surface area contributed by atoms with Gasteiger partial charge in [0.2, 0.25) is 0 Å². The van der Waals surface area contributed by atoms with E-state index in [1.165, 1.54) is 6.07 Å². The zero-order chi connectivity index (χ0) is 11.3. The lowest BCUT2D eigenvalue weighted by Crippen LogP contribution is -2.31. The average Bonchev–Trinajstić information content (AvgIpc) is 2.24. The van der Waals surface area contributed by atoms with Gasteiger partial charge in [0.1, 0.15) is 5.82 Å². The van der Waals surface area contributed by atoms with Crippen LogP contribution in [0.3, 0.4) is 0 Å². The van der Waals surface area contributed by atoms with Gasteiger partial charge in [-0.3, -0.25) is 11.3 Å². The molecule has 84 valence electrons. The quantitative estimate of drug-likeness (QED) is 0.640. The predicted molar refractivity (Wildman–Crippen MR) is 60.7 cm³/mol. The highest BCUT2D eigenvalue weighted by Crippen LogP contribution is 2.20. The SMILES string of the molecule is CCOCC(NN)c1ccc(Br)c(F)c1. The van der Waals surface area contributed by atoms with Gasteiger partial charge in [-0.1, -0.05) is 6.07 Å². The van der Waals surface area contributed by atoms with Gasteiger partial charge in [0.25, 0.3) is 0 Å². The molecule has 0 saturated heterocycles. The van der Waals surface area contributed by atoms with E-state index in [1.54, 1.807) is 12.1 Å². The number of nitrogens with two attached hydrogens (primary N) is 1. The molecule has 1 aromatic carbocycles. The molecule has 15 heavy (non-hydrogen) atoms. The van der Waals surface area contributed by atoms with Crippen LogP contribution in [0.4, 0.5) is 4.39 Å². The average molecular weight is 277 g/mol. The van der Waals surface area contributed by atoms with E-state index < -0.39 is 0 Å². The second-order valence-corrected chi connectivity index (χ2v) is 3.91. The van der Waals surface area contributed by atoms with E-state index in [2.05, 4.69) is 21.4 Å². The molecule has 0 aliphatic carbocycles. The monoisotopic (exact) mass is 276 g/mol. The topological polar surface area (TPSA) is 47.3 Å². The zero-order valence-electron chi connectivity index (χ0n) is 8.47. The van der Waals surface area contributed by atoms with Crippen LogP contribution in [0.5, 0.6) is 0 Å². The molecule has 0 saturated carbocycles. The molecule has 0 radical (unpaired) electrons. The Morgan fingerprint density at radius 1 is 1.60 bits per heavy atom. The third kappa shape index (κ3) is 3.53. The molecule has 3 N–H and O–H groups in total. The summed E-state index contributed by atoms with van der Waals surface area (Å²) in [4.78, 5) is 0. The zero-order valence-corrected chi connectivity index (χ0v) is 10.1. The third-order valence-corrected chi connectivity index (χ3v) is 2.68. The largest absolute Gasteiger partial charge is 0.380 e. The minimum atomic E-state index is -0.302. The number of benzene rings is 1. The Labute approximate surface area is 96.9 Å². The maximum Gasteiger partial charge on any atom is 0.137 e. The van der Waals surface area contributed by atoms with Gasteiger partial charge in [0.05, 0.1) is 17.1 Å². The standard InChI is InChI=1S/C10H14BrFN2O/c1-2-15-6-10(14-13)7-3-4-8(11)9(12)5-7/h3-5,10,14H,2,6,13H2,1H3. The van der Waals surface area contributed by atoms with Crippen LogP contribution in [0.2, 0.25) is 0 Å². The van der Waals surface area contributed by atoms with Gasteiger partial charge in [-0.05, 0) is 40.5 Å². The van der Waals surface area contributed by atoms with E-state index in [0.29, 0.717) is 17.7 Å². The molecule has 0 fully saturated rings. The second-order valence-electron chi connectivity index (χ2n) is 3.05. The van der Waals surface area contributed by atoms with Gasteiger partial charge in [0.15, 0.2) is 0 Å². The van der Waals surface area contributed by atoms with Crippen molar-refractivity contribution in [2.24, 2.45) is 5.84 Å². The number of rotatable bonds is 5. The normalized spacial score (nSPS) is 12.8. The fourth-order valence-electron chi connectivity index (χ4n) is 1.21. The lowest BCUT2D eigenvalue weighted by molar-refractivity contribution is 0.123. The minimum absolute atomic E-state index is 0.187. The Bertz CT molecular complexity index is 322. The first-order valence-electron chi connectivity index (χ1n) is 4.67. The van der Waals surface area contributed by atoms with Crippen molar-refractivity contribution in [3.8, 4) is 0 Å². The number of ether oxygens (including phenoxy) is 1. The highest BCUT2D eigenvalue weighted by Gasteiger charge is 2.11. The number of halogens is 2. The molecular formula is C10H14BrFN2O. The third-order valence-electron chi connectivity index (χ3n) is 2.04. The number of hydrogen-bond donors (Lipinski definition) is 2. The van der Waals surface area contributed by atoms with Crippen LogP contribution in [0.1, 0.15) is 18.5 Å². The van der Waals surface area contributed by atoms with Gasteiger partial charge in [-0.15, -0.1) is 0 Å². The Hall–Kier alpha value is -0.490. The van der Waals surface area contributed by atoms with Crippen LogP contribution in [0, 0.1) is 5.82 Å². The Kier molecular flexibility index (Phi) is 5.17. The van der Waals surface area contributed by atoms with Crippen LogP contribution in [0.15, 0.2) is 22.7 Å². The first kappa shape index (κ1) is 12.6. The molecule has 0 aliphatic heterocycles. The van der Waals surface area contributed by atoms with Gasteiger partial charge < -0.3 is 4.74 Å². The van der Waals surface area contributed by atoms with E-state index >= 15 is 0 Å². The summed E-state index contributed by atoms with van der Waals surface area (Å²) in [5.74, 6) is 5.07. The second kappa shape index (κ2) is 6.17. The molecule has 0 aromatic heterocycles. The van der Waals surface area contributed by atoms with Gasteiger partial charge in [-0.2, -0.15) is 0 Å². The van der Waals surface area contributed by atoms with Crippen molar-refractivity contribution in [1.82, 2.24) is 5.43 Å². The van der Waals surface area contributed by atoms with Crippen LogP contribution < -0.4 is 11.3 Å². The van der Waals surface area contributed by atoms with Crippen LogP contribution in [0.25, 0.3) is 0 Å². The summed E-state index contributed by atoms with van der Waals surface area (Å²) in [5.41, 5.74) is 3.36. The molecule has 0 bridgehead atoms. The van der Waals surface area contributed by atoms with E-state index in [1.807, 2.05) is 6.92 Å². The van der Waals surface area contributed by atoms with Gasteiger partial charge in [0, 0.05) is 6.61 Å². The van der Waals surface area contributed by atoms with Crippen molar-refractivity contribution in [3.63, 3.8) is 0 Å². The summed E-state index contributed by atoms with van der Waals surface area (Å²) >= 11 is 3.10. The highest BCUT2D eigenvalue weighted by atomic mass is 79.9. The van der Waals surface area contributed by atoms with E-state index in [0.717, 1.165) is 5.56 Å². The first-order chi connectivity index (χ1) is 7.19. The molecule has 0 spiro atoms. The molecule has 3 nitrogen and oxygen atoms in total. The summed E-state index contributed by atoms with van der Waals surface area (Å²) in [6.45, 7) is 2.93. The lowest BCUT2D eigenvalue weighted by Gasteiger charge is -2.16. The fourth-order valence-corrected chi connectivity index (χ4v) is 1.45. The minimum Gasteiger partial charge on any atom is -0.380 e. The lowest BCUT2D eigenvalue weighted by atomic mass is 10.1. The van der Waals surface area contributed by atoms with Crippen LogP contribution in [-0.4, -0.2) is 13.2 Å². The molecule has 0 heterocycles. The maximum absolute atomic E-state index is 13.2. The fraction of sp³-hybridized carbons (Fsp3) is 0.400. The number of nitrogens with one attached hydrogen (secondary N) is 1. The van der Waals surface area contributed by atoms with Gasteiger partial charge in [-0.25, -0.2) is 4.39 Å². The number of hydrogen-bond acceptors (Lipinski definition) is 3. The summed E-state index contributed by atoms with van der Waals surface area (Å²) < 4.78 is 18.9. The van der Waals surface area contributed by atoms with Gasteiger partial charge >= 0.3 is 0 Å². The van der Waals surface area contributed by atoms with Crippen molar-refractivity contribution >= 4 is 15.9 Å². The molecule has 0 amide bonds. The Morgan fingerprint density at radius 3 is 2.87 bits per heavy atom. The first-order valence-corrected chi connectivity index (χ1v) is 5.47. The van der Waals surface area contributed by atoms with E-state index in [4.69, 9.17) is 10.6 Å². The van der Waals surface area contributed by atoms with Crippen molar-refractivity contribution in [3.05, 3.63) is 34.1 Å². The number of hydrazine groups is 1. The Balaban J connectivity index is 2.78. The molecule has 1 atom stereocenters. The van der Waals surface area contributed by atoms with Crippen molar-refractivity contribution < 1.29 is 9.13 Å². The Morgan fingerprint density at radius 2 is 2.33 bits per heavy atom. The van der Waals surface area contributed by atoms with E-state index in [9.17, 15) is 4.39 Å². The smallest absolute Gasteiger partial charge is 0.137 e. The summed E-state index contributed by atoms with van der Waals surface area (Å²) in [6.07, 6.45) is 0. The molecule has 0 aliphatic rings. The van der Waals surface area contributed by atoms with Crippen molar-refractivity contribution in [1.29, 1.82) is 0 Å². The molecule has 1 unspecified atom stereocenters. The van der Waals surface area contributed by atoms with Crippen molar-refractivity contribution in [2.45, 2.75) is 13.0 Å². The van der Waals surface area contributed by atoms with E-state index in [-0.39, 0.29) is 11.9 Å². The van der Waals surface area contributed by atoms with Crippen LogP contribution in [-0.2, 0) is 4.74 Å². The summed E-state index contributed by atoms with van der Waals surface area (Å²) in [5, 5.41) is 0. The highest BCUT2D eigenvalue weighted by molar-refractivity contribution is 9.10. The molecular weight excluding hydrogens is 263 g/mol. The maximum atomic E-state index is 13.2.